The van der Waals surface area contributed by atoms with E-state index in [9.17, 15) is 1.37 Å². The van der Waals surface area contributed by atoms with Crippen molar-refractivity contribution in [2.75, 3.05) is 0 Å². The molecule has 0 amide bonds. The van der Waals surface area contributed by atoms with Crippen molar-refractivity contribution in [2.45, 2.75) is 0 Å². The van der Waals surface area contributed by atoms with Crippen molar-refractivity contribution in [3.63, 3.8) is 0 Å². The Labute approximate surface area is 267 Å². The van der Waals surface area contributed by atoms with Gasteiger partial charge in [0.05, 0.1) is 5.48 Å². The van der Waals surface area contributed by atoms with Crippen LogP contribution in [0.15, 0.2) is 174 Å². The highest BCUT2D eigenvalue weighted by Crippen LogP contribution is 2.49. The van der Waals surface area contributed by atoms with Gasteiger partial charge in [-0.3, -0.25) is 0 Å². The second-order valence-electron chi connectivity index (χ2n) is 11.3. The van der Waals surface area contributed by atoms with Gasteiger partial charge >= 0.3 is 0 Å². The fourth-order valence-electron chi connectivity index (χ4n) is 6.84. The van der Waals surface area contributed by atoms with Crippen LogP contribution in [0.1, 0.15) is 5.48 Å². The van der Waals surface area contributed by atoms with Crippen molar-refractivity contribution in [2.24, 2.45) is 0 Å². The van der Waals surface area contributed by atoms with Crippen LogP contribution in [0.4, 0.5) is 0 Å². The lowest BCUT2D eigenvalue weighted by atomic mass is 9.82. The molecule has 1 heteroatoms. The molecule has 1 nitrogen and oxygen atoms in total. The zero-order chi connectivity index (χ0) is 33.2. The first-order chi connectivity index (χ1) is 24.0. The maximum absolute atomic E-state index is 9.32. The number of rotatable bonds is 4. The summed E-state index contributed by atoms with van der Waals surface area (Å²) in [4.78, 5) is 0. The average Bonchev–Trinajstić information content (AvgIpc) is 3.52. The summed E-state index contributed by atoms with van der Waals surface area (Å²) in [5.74, 6) is 0. The molecule has 0 unspecified atom stereocenters. The van der Waals surface area contributed by atoms with Crippen molar-refractivity contribution in [1.29, 1.82) is 0 Å². The van der Waals surface area contributed by atoms with E-state index in [0.29, 0.717) is 11.1 Å². The van der Waals surface area contributed by atoms with Gasteiger partial charge in [-0.15, -0.1) is 0 Å². The summed E-state index contributed by atoms with van der Waals surface area (Å²) in [6, 6.07) is 48.3. The number of furan rings is 1. The largest absolute Gasteiger partial charge is 0.456 e. The van der Waals surface area contributed by atoms with Gasteiger partial charge in [0.15, 0.2) is 0 Å². The van der Waals surface area contributed by atoms with Crippen LogP contribution in [-0.2, 0) is 0 Å². The molecule has 9 rings (SSSR count). The minimum absolute atomic E-state index is 0.0527. The van der Waals surface area contributed by atoms with E-state index in [1.54, 1.807) is 0 Å². The van der Waals surface area contributed by atoms with Gasteiger partial charge in [0.2, 0.25) is 0 Å². The Morgan fingerprint density at radius 3 is 1.42 bits per heavy atom. The van der Waals surface area contributed by atoms with E-state index in [2.05, 4.69) is 66.7 Å². The number of hydrogen-bond acceptors (Lipinski definition) is 1. The van der Waals surface area contributed by atoms with E-state index in [0.717, 1.165) is 76.9 Å². The molecule has 210 valence electrons. The van der Waals surface area contributed by atoms with Crippen molar-refractivity contribution in [3.8, 4) is 44.5 Å². The maximum Gasteiger partial charge on any atom is 0.136 e. The minimum Gasteiger partial charge on any atom is -0.456 e. The molecule has 0 aliphatic carbocycles. The first kappa shape index (κ1) is 21.7. The molecule has 0 N–H and O–H groups in total. The Morgan fingerprint density at radius 1 is 0.356 bits per heavy atom. The highest BCUT2D eigenvalue weighted by molar-refractivity contribution is 6.24. The predicted octanol–water partition coefficient (Wildman–Crippen LogP) is 12.6. The van der Waals surface area contributed by atoms with E-state index in [1.165, 1.54) is 0 Å². The lowest BCUT2D eigenvalue weighted by Crippen LogP contribution is -1.94. The summed E-state index contributed by atoms with van der Waals surface area (Å²) < 4.78 is 42.2. The standard InChI is InChI=1S/C44H28O/c1-3-15-29(16-4-1)31-19-7-8-21-33(31)43-34-22-9-11-24-36(34)44(37-25-12-10-23-35(37)43)40-27-39-32-20-13-14-26-41(32)45-42(39)28-38(40)30-17-5-2-6-18-30/h1-28H/i7D,8D,19D,21D. The maximum atomic E-state index is 9.32. The quantitative estimate of drug-likeness (QED) is 0.190. The lowest BCUT2D eigenvalue weighted by Gasteiger charge is -2.21. The highest BCUT2D eigenvalue weighted by Gasteiger charge is 2.22. The minimum atomic E-state index is -0.249. The molecule has 0 atom stereocenters. The molecule has 0 fully saturated rings. The molecule has 8 aromatic carbocycles. The number of para-hydroxylation sites is 1. The third-order valence-corrected chi connectivity index (χ3v) is 8.80. The predicted molar refractivity (Wildman–Crippen MR) is 190 cm³/mol. The Kier molecular flexibility index (Phi) is 5.00. The second-order valence-corrected chi connectivity index (χ2v) is 11.3. The first-order valence-corrected chi connectivity index (χ1v) is 15.1. The van der Waals surface area contributed by atoms with Gasteiger partial charge in [-0.2, -0.15) is 0 Å². The molecule has 0 aliphatic rings. The number of benzene rings is 8. The Bertz CT molecular complexity index is 2690. The fourth-order valence-corrected chi connectivity index (χ4v) is 6.84. The number of fused-ring (bicyclic) bond motifs is 5. The highest BCUT2D eigenvalue weighted by atomic mass is 16.3. The molecule has 0 bridgehead atoms. The Morgan fingerprint density at radius 2 is 0.822 bits per heavy atom. The molecule has 0 radical (unpaired) electrons. The topological polar surface area (TPSA) is 13.1 Å². The molecule has 0 saturated carbocycles. The third kappa shape index (κ3) is 4.09. The summed E-state index contributed by atoms with van der Waals surface area (Å²) >= 11 is 0. The van der Waals surface area contributed by atoms with Crippen molar-refractivity contribution in [3.05, 3.63) is 170 Å². The third-order valence-electron chi connectivity index (χ3n) is 8.80. The zero-order valence-corrected chi connectivity index (χ0v) is 24.3. The summed E-state index contributed by atoms with van der Waals surface area (Å²) in [6.45, 7) is 0. The van der Waals surface area contributed by atoms with Gasteiger partial charge < -0.3 is 4.42 Å². The second kappa shape index (κ2) is 10.4. The van der Waals surface area contributed by atoms with Gasteiger partial charge in [-0.05, 0) is 84.3 Å². The van der Waals surface area contributed by atoms with Crippen molar-refractivity contribution >= 4 is 43.5 Å². The zero-order valence-electron chi connectivity index (χ0n) is 28.3. The van der Waals surface area contributed by atoms with Crippen LogP contribution in [0.3, 0.4) is 0 Å². The van der Waals surface area contributed by atoms with Crippen molar-refractivity contribution < 1.29 is 9.90 Å². The molecule has 1 heterocycles. The van der Waals surface area contributed by atoms with E-state index in [4.69, 9.17) is 8.53 Å². The SMILES string of the molecule is [2H]c1c([2H])c([2H])c(-c2c3ccccc3c(-c3cc4c(cc3-c3ccccc3)oc3ccccc34)c3ccccc23)c(-c2ccccc2)c1[2H]. The summed E-state index contributed by atoms with van der Waals surface area (Å²) in [5, 5.41) is 5.89. The van der Waals surface area contributed by atoms with Crippen LogP contribution < -0.4 is 0 Å². The van der Waals surface area contributed by atoms with Crippen molar-refractivity contribution in [1.82, 2.24) is 0 Å². The van der Waals surface area contributed by atoms with Crippen LogP contribution in [0, 0.1) is 0 Å². The van der Waals surface area contributed by atoms with Crippen LogP contribution in [0.5, 0.6) is 0 Å². The summed E-state index contributed by atoms with van der Waals surface area (Å²) in [6.07, 6.45) is 0. The molecular formula is C44H28O. The average molecular weight is 577 g/mol. The van der Waals surface area contributed by atoms with Crippen LogP contribution in [0.2, 0.25) is 0 Å². The molecule has 1 aromatic heterocycles. The number of hydrogen-bond donors (Lipinski definition) is 0. The molecule has 0 spiro atoms. The normalized spacial score (nSPS) is 12.8. The Balaban J connectivity index is 1.47. The lowest BCUT2D eigenvalue weighted by molar-refractivity contribution is 0.669. The van der Waals surface area contributed by atoms with E-state index < -0.39 is 0 Å². The van der Waals surface area contributed by atoms with E-state index in [-0.39, 0.29) is 24.2 Å². The Hall–Kier alpha value is -5.92. The van der Waals surface area contributed by atoms with Gasteiger partial charge in [0.25, 0.3) is 0 Å². The van der Waals surface area contributed by atoms with Crippen LogP contribution in [0.25, 0.3) is 88.0 Å². The molecule has 0 aliphatic heterocycles. The van der Waals surface area contributed by atoms with Crippen LogP contribution in [-0.4, -0.2) is 0 Å². The molecule has 9 aromatic rings. The monoisotopic (exact) mass is 576 g/mol. The smallest absolute Gasteiger partial charge is 0.136 e. The molecule has 45 heavy (non-hydrogen) atoms. The van der Waals surface area contributed by atoms with Gasteiger partial charge in [0, 0.05) is 10.8 Å². The van der Waals surface area contributed by atoms with Gasteiger partial charge in [-0.25, -0.2) is 0 Å². The van der Waals surface area contributed by atoms with E-state index >= 15 is 0 Å². The van der Waals surface area contributed by atoms with Crippen LogP contribution >= 0.6 is 0 Å². The van der Waals surface area contributed by atoms with Gasteiger partial charge in [-0.1, -0.05) is 152 Å². The van der Waals surface area contributed by atoms with Gasteiger partial charge in [0.1, 0.15) is 11.2 Å². The molecular weight excluding hydrogens is 544 g/mol. The summed E-state index contributed by atoms with van der Waals surface area (Å²) in [5.41, 5.74) is 8.41. The summed E-state index contributed by atoms with van der Waals surface area (Å²) in [7, 11) is 0. The first-order valence-electron chi connectivity index (χ1n) is 17.1. The molecule has 0 saturated heterocycles. The fraction of sp³-hybridized carbons (Fsp3) is 0. The van der Waals surface area contributed by atoms with E-state index in [1.807, 2.05) is 78.9 Å².